The number of carbonyl (C=O) groups excluding carboxylic acids is 1. The maximum Gasteiger partial charge on any atom is 0.326 e. The number of nitrogens with one attached hydrogen (secondary N) is 1. The van der Waals surface area contributed by atoms with Crippen LogP contribution >= 0.6 is 0 Å². The van der Waals surface area contributed by atoms with E-state index in [1.165, 1.54) is 0 Å². The molecule has 1 heterocycles. The van der Waals surface area contributed by atoms with Crippen LogP contribution in [0.1, 0.15) is 42.6 Å². The van der Waals surface area contributed by atoms with Gasteiger partial charge >= 0.3 is 5.97 Å². The molecular weight excluding hydrogens is 236 g/mol. The largest absolute Gasteiger partial charge is 0.480 e. The molecule has 0 unspecified atom stereocenters. The summed E-state index contributed by atoms with van der Waals surface area (Å²) in [5, 5.41) is 15.3. The minimum atomic E-state index is -1.07. The van der Waals surface area contributed by atoms with Gasteiger partial charge < -0.3 is 14.9 Å². The predicted octanol–water partition coefficient (Wildman–Crippen LogP) is 1.52. The highest BCUT2D eigenvalue weighted by Crippen LogP contribution is 2.21. The molecule has 0 aromatic carbocycles. The highest BCUT2D eigenvalue weighted by atomic mass is 16.5. The minimum Gasteiger partial charge on any atom is -0.480 e. The van der Waals surface area contributed by atoms with Crippen molar-refractivity contribution in [1.29, 1.82) is 0 Å². The molecule has 18 heavy (non-hydrogen) atoms. The number of aromatic nitrogens is 1. The smallest absolute Gasteiger partial charge is 0.326 e. The van der Waals surface area contributed by atoms with Gasteiger partial charge in [0.2, 0.25) is 0 Å². The fraction of sp³-hybridized carbons (Fsp3) is 0.583. The molecule has 0 aliphatic carbocycles. The number of aryl methyl sites for hydroxylation is 2. The van der Waals surface area contributed by atoms with E-state index in [4.69, 9.17) is 9.63 Å². The van der Waals surface area contributed by atoms with Gasteiger partial charge in [-0.25, -0.2) is 4.79 Å². The zero-order chi connectivity index (χ0) is 14.1. The van der Waals surface area contributed by atoms with Crippen molar-refractivity contribution < 1.29 is 19.2 Å². The first kappa shape index (κ1) is 14.2. The number of aliphatic carboxylic acids is 1. The monoisotopic (exact) mass is 254 g/mol. The molecule has 100 valence electrons. The number of rotatable bonds is 3. The van der Waals surface area contributed by atoms with Gasteiger partial charge in [-0.1, -0.05) is 25.9 Å². The molecule has 6 heteroatoms. The molecule has 1 atom stereocenters. The standard InChI is InChI=1S/C12H18N2O4/c1-6-8(7(2)18-14-6)10(15)13-9(11(16)17)12(3,4)5/h9H,1-5H3,(H,13,15)(H,16,17)/t9-/m0/s1. The summed E-state index contributed by atoms with van der Waals surface area (Å²) in [5.74, 6) is -1.17. The van der Waals surface area contributed by atoms with Gasteiger partial charge in [0.1, 0.15) is 17.4 Å². The number of hydrogen-bond donors (Lipinski definition) is 2. The zero-order valence-corrected chi connectivity index (χ0v) is 11.2. The second-order valence-corrected chi connectivity index (χ2v) is 5.31. The first-order chi connectivity index (χ1) is 8.14. The molecule has 0 spiro atoms. The number of nitrogens with zero attached hydrogens (tertiary/aromatic N) is 1. The molecule has 0 bridgehead atoms. The third-order valence-corrected chi connectivity index (χ3v) is 2.65. The first-order valence-electron chi connectivity index (χ1n) is 5.61. The summed E-state index contributed by atoms with van der Waals surface area (Å²) in [7, 11) is 0. The summed E-state index contributed by atoms with van der Waals surface area (Å²) in [6.45, 7) is 8.50. The quantitative estimate of drug-likeness (QED) is 0.853. The van der Waals surface area contributed by atoms with Crippen LogP contribution in [-0.4, -0.2) is 28.2 Å². The number of amides is 1. The summed E-state index contributed by atoms with van der Waals surface area (Å²) in [4.78, 5) is 23.2. The van der Waals surface area contributed by atoms with E-state index in [1.54, 1.807) is 34.6 Å². The lowest BCUT2D eigenvalue weighted by Crippen LogP contribution is -2.49. The summed E-state index contributed by atoms with van der Waals surface area (Å²) >= 11 is 0. The van der Waals surface area contributed by atoms with E-state index < -0.39 is 23.3 Å². The van der Waals surface area contributed by atoms with Gasteiger partial charge in [-0.05, 0) is 19.3 Å². The Balaban J connectivity index is 2.97. The number of carbonyl (C=O) groups is 2. The molecule has 6 nitrogen and oxygen atoms in total. The van der Waals surface area contributed by atoms with Crippen molar-refractivity contribution >= 4 is 11.9 Å². The van der Waals surface area contributed by atoms with Crippen LogP contribution in [0.5, 0.6) is 0 Å². The molecule has 0 saturated heterocycles. The zero-order valence-electron chi connectivity index (χ0n) is 11.2. The molecule has 1 aromatic heterocycles. The molecule has 1 amide bonds. The Hall–Kier alpha value is -1.85. The van der Waals surface area contributed by atoms with Crippen molar-refractivity contribution in [2.45, 2.75) is 40.7 Å². The maximum atomic E-state index is 12.0. The SMILES string of the molecule is Cc1noc(C)c1C(=O)N[C@@H](C(=O)O)C(C)(C)C. The van der Waals surface area contributed by atoms with Crippen molar-refractivity contribution in [1.82, 2.24) is 10.5 Å². The average Bonchev–Trinajstić information content (AvgIpc) is 2.52. The fourth-order valence-electron chi connectivity index (χ4n) is 1.66. The molecule has 1 aromatic rings. The lowest BCUT2D eigenvalue weighted by atomic mass is 9.86. The molecule has 0 fully saturated rings. The van der Waals surface area contributed by atoms with Crippen molar-refractivity contribution in [2.75, 3.05) is 0 Å². The van der Waals surface area contributed by atoms with E-state index in [-0.39, 0.29) is 0 Å². The van der Waals surface area contributed by atoms with Crippen LogP contribution in [0.2, 0.25) is 0 Å². The topological polar surface area (TPSA) is 92.4 Å². The molecule has 0 radical (unpaired) electrons. The van der Waals surface area contributed by atoms with Gasteiger partial charge in [-0.3, -0.25) is 4.79 Å². The lowest BCUT2D eigenvalue weighted by molar-refractivity contribution is -0.142. The Morgan fingerprint density at radius 1 is 1.33 bits per heavy atom. The maximum absolute atomic E-state index is 12.0. The third-order valence-electron chi connectivity index (χ3n) is 2.65. The van der Waals surface area contributed by atoms with Gasteiger partial charge in [-0.2, -0.15) is 0 Å². The molecule has 2 N–H and O–H groups in total. The van der Waals surface area contributed by atoms with Gasteiger partial charge in [0, 0.05) is 0 Å². The Labute approximate surface area is 105 Å². The Kier molecular flexibility index (Phi) is 3.79. The van der Waals surface area contributed by atoms with E-state index in [1.807, 2.05) is 0 Å². The van der Waals surface area contributed by atoms with E-state index >= 15 is 0 Å². The summed E-state index contributed by atoms with van der Waals surface area (Å²) in [6, 6.07) is -0.973. The third kappa shape index (κ3) is 2.88. The average molecular weight is 254 g/mol. The van der Waals surface area contributed by atoms with Crippen molar-refractivity contribution in [2.24, 2.45) is 5.41 Å². The summed E-state index contributed by atoms with van der Waals surface area (Å²) in [6.07, 6.45) is 0. The fourth-order valence-corrected chi connectivity index (χ4v) is 1.66. The second-order valence-electron chi connectivity index (χ2n) is 5.31. The second kappa shape index (κ2) is 4.80. The van der Waals surface area contributed by atoms with Crippen LogP contribution in [0.25, 0.3) is 0 Å². The van der Waals surface area contributed by atoms with Crippen LogP contribution in [0.3, 0.4) is 0 Å². The lowest BCUT2D eigenvalue weighted by Gasteiger charge is -2.27. The van der Waals surface area contributed by atoms with Gasteiger partial charge in [0.15, 0.2) is 0 Å². The van der Waals surface area contributed by atoms with E-state index in [9.17, 15) is 9.59 Å². The van der Waals surface area contributed by atoms with Crippen LogP contribution in [0, 0.1) is 19.3 Å². The van der Waals surface area contributed by atoms with Gasteiger partial charge in [-0.15, -0.1) is 0 Å². The Morgan fingerprint density at radius 3 is 2.22 bits per heavy atom. The number of carboxylic acids is 1. The van der Waals surface area contributed by atoms with E-state index in [2.05, 4.69) is 10.5 Å². The van der Waals surface area contributed by atoms with Gasteiger partial charge in [0.25, 0.3) is 5.91 Å². The molecule has 1 rings (SSSR count). The van der Waals surface area contributed by atoms with E-state index in [0.717, 1.165) is 0 Å². The summed E-state index contributed by atoms with van der Waals surface area (Å²) < 4.78 is 4.89. The van der Waals surface area contributed by atoms with Gasteiger partial charge in [0.05, 0.1) is 5.69 Å². The van der Waals surface area contributed by atoms with Crippen molar-refractivity contribution in [3.63, 3.8) is 0 Å². The van der Waals surface area contributed by atoms with Crippen molar-refractivity contribution in [3.8, 4) is 0 Å². The Bertz CT molecular complexity index is 451. The molecule has 0 aliphatic heterocycles. The first-order valence-corrected chi connectivity index (χ1v) is 5.61. The molecule has 0 saturated carbocycles. The van der Waals surface area contributed by atoms with E-state index in [0.29, 0.717) is 17.0 Å². The number of carboxylic acid groups (broad SMARTS) is 1. The normalized spacial score (nSPS) is 13.2. The Morgan fingerprint density at radius 2 is 1.89 bits per heavy atom. The van der Waals surface area contributed by atoms with Crippen molar-refractivity contribution in [3.05, 3.63) is 17.0 Å². The molecular formula is C12H18N2O4. The van der Waals surface area contributed by atoms with Crippen LogP contribution in [0.15, 0.2) is 4.52 Å². The highest BCUT2D eigenvalue weighted by Gasteiger charge is 2.33. The number of hydrogen-bond acceptors (Lipinski definition) is 4. The van der Waals surface area contributed by atoms with Crippen LogP contribution in [0.4, 0.5) is 0 Å². The summed E-state index contributed by atoms with van der Waals surface area (Å²) in [5.41, 5.74) is 0.161. The highest BCUT2D eigenvalue weighted by molar-refractivity contribution is 5.98. The predicted molar refractivity (Wildman–Crippen MR) is 64.3 cm³/mol. The van der Waals surface area contributed by atoms with Crippen LogP contribution in [-0.2, 0) is 4.79 Å². The molecule has 0 aliphatic rings. The minimum absolute atomic E-state index is 0.297. The van der Waals surface area contributed by atoms with Crippen LogP contribution < -0.4 is 5.32 Å².